The van der Waals surface area contributed by atoms with Gasteiger partial charge in [-0.15, -0.1) is 0 Å². The predicted molar refractivity (Wildman–Crippen MR) is 57.1 cm³/mol. The maximum Gasteiger partial charge on any atom is 0.145 e. The molecule has 1 N–H and O–H groups in total. The zero-order valence-electron chi connectivity index (χ0n) is 7.93. The summed E-state index contributed by atoms with van der Waals surface area (Å²) in [4.78, 5) is 14.7. The van der Waals surface area contributed by atoms with Gasteiger partial charge in [-0.05, 0) is 12.1 Å². The molecule has 1 aromatic heterocycles. The highest BCUT2D eigenvalue weighted by atomic mass is 79.9. The van der Waals surface area contributed by atoms with Gasteiger partial charge in [-0.3, -0.25) is 4.79 Å². The number of nitrogens with one attached hydrogen (secondary N) is 1. The molecule has 0 saturated carbocycles. The first-order valence-corrected chi connectivity index (χ1v) is 5.40. The quantitative estimate of drug-likeness (QED) is 0.811. The fraction of sp³-hybridized carbons (Fsp3) is 0.500. The molecule has 0 aromatic carbocycles. The maximum absolute atomic E-state index is 11.7. The summed E-state index contributed by atoms with van der Waals surface area (Å²) in [7, 11) is 0. The molecule has 1 rings (SSSR count). The normalized spacial score (nSPS) is 11.6. The summed E-state index contributed by atoms with van der Waals surface area (Å²) in [5.41, 5.74) is 0.713. The Bertz CT molecular complexity index is 277. The van der Waals surface area contributed by atoms with Crippen LogP contribution in [0.2, 0.25) is 0 Å². The van der Waals surface area contributed by atoms with Gasteiger partial charge in [-0.2, -0.15) is 0 Å². The van der Waals surface area contributed by atoms with E-state index < -0.39 is 0 Å². The highest BCUT2D eigenvalue weighted by molar-refractivity contribution is 9.09. The lowest BCUT2D eigenvalue weighted by Gasteiger charge is -2.19. The van der Waals surface area contributed by atoms with E-state index in [9.17, 15) is 4.79 Å². The van der Waals surface area contributed by atoms with E-state index in [1.807, 2.05) is 32.2 Å². The molecule has 0 bridgehead atoms. The molecule has 0 unspecified atom stereocenters. The molecule has 0 fully saturated rings. The van der Waals surface area contributed by atoms with Crippen molar-refractivity contribution in [2.24, 2.45) is 5.41 Å². The second-order valence-corrected chi connectivity index (χ2v) is 4.37. The van der Waals surface area contributed by atoms with E-state index in [0.717, 1.165) is 5.69 Å². The third kappa shape index (κ3) is 2.69. The van der Waals surface area contributed by atoms with Crippen molar-refractivity contribution < 1.29 is 4.79 Å². The first kappa shape index (κ1) is 10.5. The number of aromatic nitrogens is 1. The minimum Gasteiger partial charge on any atom is -0.365 e. The number of carbonyl (C=O) groups excluding carboxylic acids is 1. The molecule has 1 heterocycles. The Kier molecular flexibility index (Phi) is 3.31. The van der Waals surface area contributed by atoms with Crippen molar-refractivity contribution in [3.63, 3.8) is 0 Å². The van der Waals surface area contributed by atoms with Crippen LogP contribution in [0.3, 0.4) is 0 Å². The fourth-order valence-corrected chi connectivity index (χ4v) is 1.28. The second kappa shape index (κ2) is 4.09. The fourth-order valence-electron chi connectivity index (χ4n) is 0.964. The summed E-state index contributed by atoms with van der Waals surface area (Å²) < 4.78 is 0. The number of alkyl halides is 1. The Labute approximate surface area is 86.9 Å². The SMILES string of the molecule is CC(C)(CBr)C(=O)Cc1ccc[nH]1. The van der Waals surface area contributed by atoms with Crippen molar-refractivity contribution in [1.82, 2.24) is 4.98 Å². The number of H-pyrrole nitrogens is 1. The van der Waals surface area contributed by atoms with Gasteiger partial charge in [0, 0.05) is 29.1 Å². The molecule has 0 amide bonds. The van der Waals surface area contributed by atoms with Crippen LogP contribution >= 0.6 is 15.9 Å². The van der Waals surface area contributed by atoms with Crippen molar-refractivity contribution in [1.29, 1.82) is 0 Å². The van der Waals surface area contributed by atoms with Crippen LogP contribution < -0.4 is 0 Å². The second-order valence-electron chi connectivity index (χ2n) is 3.81. The van der Waals surface area contributed by atoms with E-state index in [2.05, 4.69) is 20.9 Å². The van der Waals surface area contributed by atoms with Gasteiger partial charge in [0.1, 0.15) is 5.78 Å². The number of carbonyl (C=O) groups is 1. The minimum absolute atomic E-state index is 0.256. The first-order chi connectivity index (χ1) is 6.06. The van der Waals surface area contributed by atoms with E-state index in [4.69, 9.17) is 0 Å². The Morgan fingerprint density at radius 3 is 2.77 bits per heavy atom. The molecule has 13 heavy (non-hydrogen) atoms. The number of ketones is 1. The number of Topliss-reactive ketones (excluding diaryl/α,β-unsaturated/α-hetero) is 1. The smallest absolute Gasteiger partial charge is 0.145 e. The predicted octanol–water partition coefficient (Wildman–Crippen LogP) is 2.55. The van der Waals surface area contributed by atoms with Gasteiger partial charge in [0.05, 0.1) is 0 Å². The average Bonchev–Trinajstić information content (AvgIpc) is 2.57. The largest absolute Gasteiger partial charge is 0.365 e. The van der Waals surface area contributed by atoms with Crippen molar-refractivity contribution in [2.45, 2.75) is 20.3 Å². The maximum atomic E-state index is 11.7. The van der Waals surface area contributed by atoms with Gasteiger partial charge in [0.25, 0.3) is 0 Å². The van der Waals surface area contributed by atoms with Gasteiger partial charge >= 0.3 is 0 Å². The molecule has 1 aromatic rings. The molecule has 0 saturated heterocycles. The Hall–Kier alpha value is -0.570. The summed E-state index contributed by atoms with van der Waals surface area (Å²) >= 11 is 3.34. The van der Waals surface area contributed by atoms with Gasteiger partial charge < -0.3 is 4.98 Å². The van der Waals surface area contributed by atoms with Crippen molar-refractivity contribution >= 4 is 21.7 Å². The standard InChI is InChI=1S/C10H14BrNO/c1-10(2,7-11)9(13)6-8-4-3-5-12-8/h3-5,12H,6-7H2,1-2H3. The molecule has 0 aliphatic rings. The number of halogens is 1. The van der Waals surface area contributed by atoms with Crippen LogP contribution in [0.5, 0.6) is 0 Å². The Morgan fingerprint density at radius 2 is 2.31 bits per heavy atom. The number of hydrogen-bond donors (Lipinski definition) is 1. The Balaban J connectivity index is 2.61. The van der Waals surface area contributed by atoms with Crippen LogP contribution in [0.15, 0.2) is 18.3 Å². The first-order valence-electron chi connectivity index (χ1n) is 4.28. The van der Waals surface area contributed by atoms with Crippen LogP contribution in [0.25, 0.3) is 0 Å². The molecule has 3 heteroatoms. The summed E-state index contributed by atoms with van der Waals surface area (Å²) in [5.74, 6) is 0.256. The third-order valence-electron chi connectivity index (χ3n) is 2.10. The van der Waals surface area contributed by atoms with Crippen LogP contribution in [0, 0.1) is 5.41 Å². The summed E-state index contributed by atoms with van der Waals surface area (Å²) in [6, 6.07) is 3.84. The van der Waals surface area contributed by atoms with Gasteiger partial charge in [0.2, 0.25) is 0 Å². The minimum atomic E-state index is -0.273. The van der Waals surface area contributed by atoms with Crippen LogP contribution in [-0.2, 0) is 11.2 Å². The zero-order valence-corrected chi connectivity index (χ0v) is 9.52. The molecule has 0 aliphatic carbocycles. The average molecular weight is 244 g/mol. The van der Waals surface area contributed by atoms with Crippen LogP contribution in [0.4, 0.5) is 0 Å². The van der Waals surface area contributed by atoms with Crippen molar-refractivity contribution in [3.05, 3.63) is 24.0 Å². The molecule has 0 aliphatic heterocycles. The monoisotopic (exact) mass is 243 g/mol. The zero-order chi connectivity index (χ0) is 9.90. The van der Waals surface area contributed by atoms with Gasteiger partial charge in [-0.1, -0.05) is 29.8 Å². The molecule has 0 spiro atoms. The van der Waals surface area contributed by atoms with E-state index >= 15 is 0 Å². The highest BCUT2D eigenvalue weighted by Gasteiger charge is 2.25. The molecule has 0 radical (unpaired) electrons. The summed E-state index contributed by atoms with van der Waals surface area (Å²) in [5, 5.41) is 0.708. The van der Waals surface area contributed by atoms with E-state index in [1.165, 1.54) is 0 Å². The molecular formula is C10H14BrNO. The number of aromatic amines is 1. The van der Waals surface area contributed by atoms with Crippen molar-refractivity contribution in [3.8, 4) is 0 Å². The van der Waals surface area contributed by atoms with E-state index in [1.54, 1.807) is 0 Å². The van der Waals surface area contributed by atoms with Crippen LogP contribution in [-0.4, -0.2) is 16.1 Å². The van der Waals surface area contributed by atoms with Gasteiger partial charge in [0.15, 0.2) is 0 Å². The third-order valence-corrected chi connectivity index (χ3v) is 3.50. The molecule has 0 atom stereocenters. The van der Waals surface area contributed by atoms with Crippen LogP contribution in [0.1, 0.15) is 19.5 Å². The number of hydrogen-bond acceptors (Lipinski definition) is 1. The lowest BCUT2D eigenvalue weighted by molar-refractivity contribution is -0.125. The lowest BCUT2D eigenvalue weighted by Crippen LogP contribution is -2.27. The van der Waals surface area contributed by atoms with E-state index in [0.29, 0.717) is 11.8 Å². The Morgan fingerprint density at radius 1 is 1.62 bits per heavy atom. The van der Waals surface area contributed by atoms with Crippen molar-refractivity contribution in [2.75, 3.05) is 5.33 Å². The molecule has 2 nitrogen and oxygen atoms in total. The highest BCUT2D eigenvalue weighted by Crippen LogP contribution is 2.21. The lowest BCUT2D eigenvalue weighted by atomic mass is 9.88. The molecule has 72 valence electrons. The van der Waals surface area contributed by atoms with Gasteiger partial charge in [-0.25, -0.2) is 0 Å². The summed E-state index contributed by atoms with van der Waals surface area (Å²) in [6.07, 6.45) is 2.33. The summed E-state index contributed by atoms with van der Waals surface area (Å²) in [6.45, 7) is 3.90. The molecular weight excluding hydrogens is 230 g/mol. The number of rotatable bonds is 4. The van der Waals surface area contributed by atoms with E-state index in [-0.39, 0.29) is 11.2 Å². The topological polar surface area (TPSA) is 32.9 Å².